The van der Waals surface area contributed by atoms with Crippen LogP contribution in [-0.4, -0.2) is 54.5 Å². The van der Waals surface area contributed by atoms with Crippen molar-refractivity contribution in [2.24, 2.45) is 11.8 Å². The summed E-state index contributed by atoms with van der Waals surface area (Å²) in [5, 5.41) is 3.43. The van der Waals surface area contributed by atoms with Crippen LogP contribution in [0.5, 0.6) is 0 Å². The van der Waals surface area contributed by atoms with Gasteiger partial charge in [0.2, 0.25) is 0 Å². The second kappa shape index (κ2) is 16.3. The molecule has 0 heterocycles. The molecule has 0 aromatic carbocycles. The first-order chi connectivity index (χ1) is 14.5. The Hall–Kier alpha value is -0.346. The van der Waals surface area contributed by atoms with Crippen LogP contribution in [0.1, 0.15) is 66.2 Å². The van der Waals surface area contributed by atoms with Gasteiger partial charge in [0.05, 0.1) is 0 Å². The van der Waals surface area contributed by atoms with Crippen LogP contribution in [0.15, 0.2) is 0 Å². The van der Waals surface area contributed by atoms with E-state index >= 15 is 0 Å². The number of ketones is 2. The highest BCUT2D eigenvalue weighted by molar-refractivity contribution is 6.71. The van der Waals surface area contributed by atoms with Gasteiger partial charge in [-0.05, 0) is 77.8 Å². The quantitative estimate of drug-likeness (QED) is 0.226. The van der Waals surface area contributed by atoms with Crippen LogP contribution in [0.25, 0.3) is 0 Å². The van der Waals surface area contributed by atoms with E-state index in [1.807, 2.05) is 13.8 Å². The minimum atomic E-state index is -1.61. The molecule has 0 saturated heterocycles. The summed E-state index contributed by atoms with van der Waals surface area (Å²) in [5.41, 5.74) is 0. The molecule has 31 heavy (non-hydrogen) atoms. The van der Waals surface area contributed by atoms with E-state index in [1.165, 1.54) is 0 Å². The Labute approximate surface area is 194 Å². The second-order valence-electron chi connectivity index (χ2n) is 9.89. The van der Waals surface area contributed by atoms with Gasteiger partial charge in [0.1, 0.15) is 11.6 Å². The van der Waals surface area contributed by atoms with Crippen LogP contribution < -0.4 is 5.32 Å². The molecule has 2 atom stereocenters. The molecular weight excluding hydrogens is 422 g/mol. The second-order valence-corrected chi connectivity index (χ2v) is 18.5. The van der Waals surface area contributed by atoms with Crippen LogP contribution in [-0.2, 0) is 18.4 Å². The molecule has 0 aliphatic carbocycles. The first-order valence-electron chi connectivity index (χ1n) is 12.6. The summed E-state index contributed by atoms with van der Waals surface area (Å²) in [5.74, 6) is 0.780. The Morgan fingerprint density at radius 3 is 1.35 bits per heavy atom. The predicted molar refractivity (Wildman–Crippen MR) is 137 cm³/mol. The molecule has 184 valence electrons. The summed E-state index contributed by atoms with van der Waals surface area (Å²) in [4.78, 5) is 25.3. The number of rotatable bonds is 20. The van der Waals surface area contributed by atoms with Gasteiger partial charge in [-0.25, -0.2) is 0 Å². The highest BCUT2D eigenvalue weighted by atomic mass is 28.4. The molecule has 0 rings (SSSR count). The molecule has 0 saturated carbocycles. The van der Waals surface area contributed by atoms with E-state index in [2.05, 4.69) is 45.4 Å². The predicted octanol–water partition coefficient (Wildman–Crippen LogP) is 5.81. The molecule has 0 aromatic rings. The fraction of sp³-hybridized carbons (Fsp3) is 0.917. The molecule has 0 fully saturated rings. The lowest BCUT2D eigenvalue weighted by Gasteiger charge is -2.23. The summed E-state index contributed by atoms with van der Waals surface area (Å²) in [7, 11) is -3.22. The van der Waals surface area contributed by atoms with Crippen molar-refractivity contribution in [1.29, 1.82) is 0 Å². The zero-order valence-electron chi connectivity index (χ0n) is 21.8. The summed E-state index contributed by atoms with van der Waals surface area (Å²) in [6, 6.07) is 2.07. The van der Waals surface area contributed by atoms with Crippen LogP contribution >= 0.6 is 0 Å². The lowest BCUT2D eigenvalue weighted by atomic mass is 9.95. The zero-order chi connectivity index (χ0) is 23.9. The molecular formula is C24H51NO4Si2. The van der Waals surface area contributed by atoms with Crippen LogP contribution in [0.2, 0.25) is 38.3 Å². The van der Waals surface area contributed by atoms with Gasteiger partial charge in [-0.15, -0.1) is 0 Å². The van der Waals surface area contributed by atoms with Crippen molar-refractivity contribution in [3.8, 4) is 0 Å². The van der Waals surface area contributed by atoms with Gasteiger partial charge >= 0.3 is 0 Å². The van der Waals surface area contributed by atoms with Crippen LogP contribution in [0, 0.1) is 11.8 Å². The average molecular weight is 474 g/mol. The Morgan fingerprint density at radius 1 is 0.710 bits per heavy atom. The van der Waals surface area contributed by atoms with Crippen molar-refractivity contribution >= 4 is 28.2 Å². The maximum atomic E-state index is 12.6. The zero-order valence-corrected chi connectivity index (χ0v) is 23.8. The van der Waals surface area contributed by atoms with Gasteiger partial charge in [-0.3, -0.25) is 9.59 Å². The molecule has 0 aromatic heterocycles. The van der Waals surface area contributed by atoms with E-state index in [4.69, 9.17) is 8.85 Å². The molecule has 5 nitrogen and oxygen atoms in total. The van der Waals surface area contributed by atoms with Crippen molar-refractivity contribution in [3.63, 3.8) is 0 Å². The lowest BCUT2D eigenvalue weighted by Crippen LogP contribution is -2.35. The summed E-state index contributed by atoms with van der Waals surface area (Å²) in [6.07, 6.45) is 4.82. The maximum Gasteiger partial charge on any atom is 0.186 e. The van der Waals surface area contributed by atoms with Crippen LogP contribution in [0.4, 0.5) is 0 Å². The molecule has 0 bridgehead atoms. The molecule has 2 unspecified atom stereocenters. The minimum Gasteiger partial charge on any atom is -0.418 e. The van der Waals surface area contributed by atoms with E-state index in [1.54, 1.807) is 0 Å². The fourth-order valence-electron chi connectivity index (χ4n) is 4.11. The number of hydrogen-bond acceptors (Lipinski definition) is 5. The van der Waals surface area contributed by atoms with Gasteiger partial charge in [-0.2, -0.15) is 0 Å². The molecule has 0 radical (unpaired) electrons. The fourth-order valence-corrected chi connectivity index (χ4v) is 8.02. The van der Waals surface area contributed by atoms with E-state index in [9.17, 15) is 9.59 Å². The molecule has 0 spiro atoms. The Morgan fingerprint density at radius 2 is 1.06 bits per heavy atom. The Kier molecular flexibility index (Phi) is 16.1. The average Bonchev–Trinajstić information content (AvgIpc) is 2.67. The van der Waals surface area contributed by atoms with Gasteiger partial charge in [0.15, 0.2) is 16.6 Å². The van der Waals surface area contributed by atoms with Gasteiger partial charge in [-0.1, -0.05) is 13.8 Å². The van der Waals surface area contributed by atoms with E-state index in [0.717, 1.165) is 51.0 Å². The van der Waals surface area contributed by atoms with Crippen molar-refractivity contribution in [2.45, 2.75) is 104 Å². The summed E-state index contributed by atoms with van der Waals surface area (Å²) < 4.78 is 11.7. The smallest absolute Gasteiger partial charge is 0.186 e. The summed E-state index contributed by atoms with van der Waals surface area (Å²) in [6.45, 7) is 20.0. The van der Waals surface area contributed by atoms with E-state index < -0.39 is 16.6 Å². The topological polar surface area (TPSA) is 64.6 Å². The number of hydrogen-bond donors (Lipinski definition) is 1. The van der Waals surface area contributed by atoms with Crippen molar-refractivity contribution < 1.29 is 18.4 Å². The normalized spacial score (nSPS) is 14.5. The third-order valence-corrected chi connectivity index (χ3v) is 11.4. The third kappa shape index (κ3) is 14.4. The maximum absolute atomic E-state index is 12.6. The van der Waals surface area contributed by atoms with Gasteiger partial charge in [0, 0.05) is 51.0 Å². The first kappa shape index (κ1) is 30.7. The number of carbonyl (C=O) groups is 2. The largest absolute Gasteiger partial charge is 0.418 e. The van der Waals surface area contributed by atoms with Crippen LogP contribution in [0.3, 0.4) is 0 Å². The third-order valence-electron chi connectivity index (χ3n) is 6.15. The number of nitrogens with one attached hydrogen (secondary N) is 1. The monoisotopic (exact) mass is 473 g/mol. The van der Waals surface area contributed by atoms with E-state index in [0.29, 0.717) is 37.5 Å². The summed E-state index contributed by atoms with van der Waals surface area (Å²) >= 11 is 0. The molecule has 0 aliphatic heterocycles. The molecule has 0 amide bonds. The SMILES string of the molecule is CCO[Si](C)(C)CCCC(=O)C(CC)CNCC(CC)C(=O)CCC[Si](C)(C)OCC. The molecule has 1 N–H and O–H groups in total. The minimum absolute atomic E-state index is 0.0440. The Balaban J connectivity index is 4.33. The van der Waals surface area contributed by atoms with Gasteiger partial charge in [0.25, 0.3) is 0 Å². The standard InChI is InChI=1S/C24H51NO4Si2/c1-9-21(23(26)15-13-17-30(5,6)28-11-3)19-25-20-22(10-2)24(27)16-14-18-31(7,8)29-12-4/h21-22,25H,9-20H2,1-8H3. The number of carbonyl (C=O) groups excluding carboxylic acids is 2. The van der Waals surface area contributed by atoms with Crippen molar-refractivity contribution in [2.75, 3.05) is 26.3 Å². The molecule has 7 heteroatoms. The first-order valence-corrected chi connectivity index (χ1v) is 18.8. The lowest BCUT2D eigenvalue weighted by molar-refractivity contribution is -0.122. The highest BCUT2D eigenvalue weighted by Crippen LogP contribution is 2.19. The van der Waals surface area contributed by atoms with E-state index in [-0.39, 0.29) is 11.8 Å². The van der Waals surface area contributed by atoms with Crippen molar-refractivity contribution in [3.05, 3.63) is 0 Å². The van der Waals surface area contributed by atoms with Crippen molar-refractivity contribution in [1.82, 2.24) is 5.32 Å². The number of Topliss-reactive ketones (excluding diaryl/α,β-unsaturated/α-hetero) is 2. The Bertz CT molecular complexity index is 468. The van der Waals surface area contributed by atoms with Gasteiger partial charge < -0.3 is 14.2 Å². The highest BCUT2D eigenvalue weighted by Gasteiger charge is 2.25. The molecule has 0 aliphatic rings.